The lowest BCUT2D eigenvalue weighted by Gasteiger charge is -2.36. The number of ether oxygens (including phenoxy) is 6. The van der Waals surface area contributed by atoms with Gasteiger partial charge in [-0.05, 0) is 45.5 Å². The topological polar surface area (TPSA) is 303 Å². The van der Waals surface area contributed by atoms with E-state index >= 15 is 19.2 Å². The molecule has 4 aliphatic rings. The predicted octanol–water partition coefficient (Wildman–Crippen LogP) is 11.6. The second-order valence-electron chi connectivity index (χ2n) is 20.6. The number of benzene rings is 7. The van der Waals surface area contributed by atoms with Gasteiger partial charge < -0.3 is 28.4 Å². The SMILES string of the molecule is N#CC(C#N)=C1/C(=N/c2nc3c(s2)-c2cc4c(cc2OC3(C(=O)OCc2ccccc2)C(=O)OCc2ccccc2)-c2sc(/N=C3\C(=O)c5ccccc5C3=C(C#N)C#N)nc2C(C(=O)OCc2ccccc2)(C(=O)OCc2ccccc2)O4)C(=O)c2ccccc21. The van der Waals surface area contributed by atoms with E-state index in [0.717, 1.165) is 22.7 Å². The van der Waals surface area contributed by atoms with Crippen LogP contribution in [0.25, 0.3) is 32.0 Å². The van der Waals surface area contributed by atoms with Crippen molar-refractivity contribution >= 4 is 90.9 Å². The molecule has 0 saturated heterocycles. The Morgan fingerprint density at radius 2 is 0.696 bits per heavy atom. The number of aromatic nitrogens is 2. The Morgan fingerprint density at radius 3 is 0.989 bits per heavy atom. The maximum atomic E-state index is 15.5. The lowest BCUT2D eigenvalue weighted by molar-refractivity contribution is -0.185. The van der Waals surface area contributed by atoms with Crippen molar-refractivity contribution in [1.29, 1.82) is 21.0 Å². The summed E-state index contributed by atoms with van der Waals surface area (Å²) in [7, 11) is 0. The summed E-state index contributed by atoms with van der Waals surface area (Å²) in [6.45, 7) is -1.57. The minimum atomic E-state index is -2.98. The highest BCUT2D eigenvalue weighted by Crippen LogP contribution is 2.58. The van der Waals surface area contributed by atoms with Crippen molar-refractivity contribution in [3.63, 3.8) is 0 Å². The van der Waals surface area contributed by atoms with Gasteiger partial charge in [0.1, 0.15) is 96.2 Å². The first-order valence-electron chi connectivity index (χ1n) is 27.9. The lowest BCUT2D eigenvalue weighted by Crippen LogP contribution is -2.53. The van der Waals surface area contributed by atoms with E-state index in [0.29, 0.717) is 22.3 Å². The smallest absolute Gasteiger partial charge is 0.369 e. The van der Waals surface area contributed by atoms with Gasteiger partial charge >= 0.3 is 35.1 Å². The summed E-state index contributed by atoms with van der Waals surface area (Å²) in [6, 6.07) is 56.9. The van der Waals surface area contributed by atoms with Crippen LogP contribution in [0.15, 0.2) is 203 Å². The van der Waals surface area contributed by atoms with Crippen LogP contribution in [0.4, 0.5) is 10.3 Å². The first-order valence-corrected chi connectivity index (χ1v) is 29.5. The molecular formula is C70H38N8O12S2. The van der Waals surface area contributed by atoms with Crippen molar-refractivity contribution in [2.45, 2.75) is 37.6 Å². The molecule has 0 unspecified atom stereocenters. The van der Waals surface area contributed by atoms with E-state index < -0.39 is 95.6 Å². The average Bonchev–Trinajstić information content (AvgIpc) is 1.29. The fourth-order valence-corrected chi connectivity index (χ4v) is 12.8. The van der Waals surface area contributed by atoms with Gasteiger partial charge in [-0.25, -0.2) is 39.1 Å². The normalized spacial score (nSPS) is 14.8. The Kier molecular flexibility index (Phi) is 15.3. The molecule has 4 heterocycles. The summed E-state index contributed by atoms with van der Waals surface area (Å²) in [5, 5.41) is 40.3. The zero-order valence-electron chi connectivity index (χ0n) is 47.4. The number of hydrogen-bond donors (Lipinski definition) is 0. The standard InChI is InChI=1S/C70H38N8O12S2/c71-31-43(32-72)53-45-25-13-15-27-47(45)57(79)55(53)75-67-77-61-59(91-67)49-30-52-50(29-51(49)89-69(61,63(81)85-35-39-17-5-1-6-18-39)64(82)86-36-40-19-7-2-8-20-40)60-62(78-68(92-60)76-56-54(44(33-73)34-74)46-26-14-16-28-48(46)58(56)80)70(90-52,65(83)87-37-41-21-9-3-10-22-41)66(84)88-38-42-23-11-4-12-24-42/h1-30H,35-38H2/b75-55-,76-56-. The number of fused-ring (bicyclic) bond motifs is 8. The van der Waals surface area contributed by atoms with E-state index in [4.69, 9.17) is 38.4 Å². The van der Waals surface area contributed by atoms with E-state index in [1.807, 2.05) is 24.3 Å². The predicted molar refractivity (Wildman–Crippen MR) is 330 cm³/mol. The van der Waals surface area contributed by atoms with Gasteiger partial charge in [0.25, 0.3) is 0 Å². The number of nitriles is 4. The van der Waals surface area contributed by atoms with Crippen molar-refractivity contribution in [3.05, 3.63) is 249 Å². The molecule has 0 bridgehead atoms. The largest absolute Gasteiger partial charge is 0.458 e. The number of ketones is 2. The first kappa shape index (κ1) is 58.4. The molecule has 2 aliphatic heterocycles. The molecule has 0 saturated carbocycles. The molecule has 9 aromatic rings. The average molecular weight is 1250 g/mol. The Morgan fingerprint density at radius 1 is 0.413 bits per heavy atom. The number of carbonyl (C=O) groups excluding carboxylic acids is 6. The van der Waals surface area contributed by atoms with Crippen LogP contribution in [-0.2, 0) is 75.8 Å². The number of rotatable bonds is 14. The number of thiazole rings is 2. The van der Waals surface area contributed by atoms with Crippen molar-refractivity contribution < 1.29 is 57.2 Å². The van der Waals surface area contributed by atoms with Crippen molar-refractivity contribution in [1.82, 2.24) is 9.97 Å². The molecule has 442 valence electrons. The Labute approximate surface area is 529 Å². The second kappa shape index (κ2) is 24.2. The highest BCUT2D eigenvalue weighted by atomic mass is 32.1. The molecule has 2 aliphatic carbocycles. The third kappa shape index (κ3) is 10.1. The van der Waals surface area contributed by atoms with Gasteiger partial charge in [0.15, 0.2) is 0 Å². The number of esters is 4. The zero-order valence-corrected chi connectivity index (χ0v) is 49.1. The van der Waals surface area contributed by atoms with Gasteiger partial charge in [0.05, 0.1) is 9.75 Å². The molecule has 0 N–H and O–H groups in total. The molecule has 92 heavy (non-hydrogen) atoms. The van der Waals surface area contributed by atoms with Gasteiger partial charge in [-0.2, -0.15) is 21.0 Å². The molecular weight excluding hydrogens is 1210 g/mol. The third-order valence-electron chi connectivity index (χ3n) is 15.1. The van der Waals surface area contributed by atoms with Crippen LogP contribution < -0.4 is 9.47 Å². The van der Waals surface area contributed by atoms with Crippen molar-refractivity contribution in [2.24, 2.45) is 9.98 Å². The summed E-state index contributed by atoms with van der Waals surface area (Å²) < 4.78 is 37.7. The molecule has 0 amide bonds. The van der Waals surface area contributed by atoms with Crippen LogP contribution >= 0.6 is 22.7 Å². The molecule has 0 radical (unpaired) electrons. The number of carbonyl (C=O) groups is 6. The van der Waals surface area contributed by atoms with E-state index in [9.17, 15) is 30.6 Å². The highest BCUT2D eigenvalue weighted by Gasteiger charge is 2.63. The fourth-order valence-electron chi connectivity index (χ4n) is 10.8. The minimum Gasteiger partial charge on any atom is -0.458 e. The van der Waals surface area contributed by atoms with E-state index in [1.54, 1.807) is 158 Å². The molecule has 7 aromatic carbocycles. The van der Waals surface area contributed by atoms with E-state index in [1.165, 1.54) is 24.3 Å². The molecule has 0 fully saturated rings. The van der Waals surface area contributed by atoms with Gasteiger partial charge in [0, 0.05) is 33.4 Å². The number of hydrogen-bond acceptors (Lipinski definition) is 22. The van der Waals surface area contributed by atoms with Gasteiger partial charge in [-0.15, -0.1) is 0 Å². The molecule has 13 rings (SSSR count). The van der Waals surface area contributed by atoms with Gasteiger partial charge in [-0.3, -0.25) is 9.59 Å². The minimum absolute atomic E-state index is 0.00106. The monoisotopic (exact) mass is 1250 g/mol. The maximum absolute atomic E-state index is 15.5. The number of aliphatic imine (C=N–C) groups is 2. The molecule has 22 heteroatoms. The molecule has 2 aromatic heterocycles. The quantitative estimate of drug-likeness (QED) is 0.0423. The van der Waals surface area contributed by atoms with E-state index in [2.05, 4.69) is 9.98 Å². The Balaban J connectivity index is 1.05. The number of nitrogens with zero attached hydrogens (tertiary/aromatic N) is 8. The highest BCUT2D eigenvalue weighted by molar-refractivity contribution is 7.19. The van der Waals surface area contributed by atoms with Crippen LogP contribution in [0.5, 0.6) is 11.5 Å². The van der Waals surface area contributed by atoms with Crippen molar-refractivity contribution in [2.75, 3.05) is 0 Å². The van der Waals surface area contributed by atoms with Crippen LogP contribution in [0.2, 0.25) is 0 Å². The number of Topliss-reactive ketones (excluding diaryl/α,β-unsaturated/α-hetero) is 2. The van der Waals surface area contributed by atoms with Crippen LogP contribution in [0, 0.1) is 45.3 Å². The fraction of sp³-hybridized carbons (Fsp3) is 0.0857. The molecule has 0 spiro atoms. The first-order chi connectivity index (χ1) is 44.9. The summed E-state index contributed by atoms with van der Waals surface area (Å²) in [4.78, 5) is 109. The zero-order chi connectivity index (χ0) is 63.7. The van der Waals surface area contributed by atoms with E-state index in [-0.39, 0.29) is 87.5 Å². The summed E-state index contributed by atoms with van der Waals surface area (Å²) in [6.07, 6.45) is 0. The van der Waals surface area contributed by atoms with Crippen LogP contribution in [0.3, 0.4) is 0 Å². The Bertz CT molecular complexity index is 4500. The second-order valence-corrected chi connectivity index (χ2v) is 22.6. The van der Waals surface area contributed by atoms with Crippen molar-refractivity contribution in [3.8, 4) is 56.7 Å². The Hall–Kier alpha value is -12.6. The lowest BCUT2D eigenvalue weighted by atomic mass is 9.89. The van der Waals surface area contributed by atoms with Crippen LogP contribution in [-0.4, -0.2) is 56.8 Å². The maximum Gasteiger partial charge on any atom is 0.369 e. The van der Waals surface area contributed by atoms with Gasteiger partial charge in [0.2, 0.25) is 21.8 Å². The molecule has 0 atom stereocenters. The third-order valence-corrected chi connectivity index (χ3v) is 17.1. The summed E-state index contributed by atoms with van der Waals surface area (Å²) in [5.74, 6) is -7.12. The molecule has 20 nitrogen and oxygen atoms in total. The number of allylic oxidation sites excluding steroid dienone is 4. The van der Waals surface area contributed by atoms with Gasteiger partial charge in [-0.1, -0.05) is 193 Å². The summed E-state index contributed by atoms with van der Waals surface area (Å²) >= 11 is 1.48. The van der Waals surface area contributed by atoms with Crippen LogP contribution in [0.1, 0.15) is 65.5 Å². The summed E-state index contributed by atoms with van der Waals surface area (Å²) in [5.41, 5.74) is -5.87.